The van der Waals surface area contributed by atoms with E-state index in [1.165, 1.54) is 0 Å². The first kappa shape index (κ1) is 10.9. The smallest absolute Gasteiger partial charge is 0.166 e. The summed E-state index contributed by atoms with van der Waals surface area (Å²) in [5.74, 6) is 0. The summed E-state index contributed by atoms with van der Waals surface area (Å²) < 4.78 is 0. The number of carbonyl (C=O) groups is 1. The highest BCUT2D eigenvalue weighted by Crippen LogP contribution is 2.01. The highest BCUT2D eigenvalue weighted by atomic mass is 16.1. The highest BCUT2D eigenvalue weighted by molar-refractivity contribution is 5.71. The molecule has 3 nitrogen and oxygen atoms in total. The van der Waals surface area contributed by atoms with Gasteiger partial charge in [-0.3, -0.25) is 4.79 Å². The number of aldehydes is 1. The number of carbonyl (C=O) groups excluding carboxylic acids is 1. The Bertz CT molecular complexity index is 230. The number of aryl methyl sites for hydroxylation is 1. The van der Waals surface area contributed by atoms with Crippen molar-refractivity contribution in [2.75, 3.05) is 6.54 Å². The maximum atomic E-state index is 10.2. The Hall–Kier alpha value is -1.09. The van der Waals surface area contributed by atoms with Crippen LogP contribution in [-0.2, 0) is 6.42 Å². The molecule has 1 aromatic heterocycles. The van der Waals surface area contributed by atoms with Gasteiger partial charge in [-0.1, -0.05) is 7.43 Å². The third-order valence-corrected chi connectivity index (χ3v) is 1.55. The molecule has 0 radical (unpaired) electrons. The van der Waals surface area contributed by atoms with Gasteiger partial charge in [0.1, 0.15) is 0 Å². The van der Waals surface area contributed by atoms with E-state index in [0.29, 0.717) is 12.2 Å². The lowest BCUT2D eigenvalue weighted by Crippen LogP contribution is -2.00. The van der Waals surface area contributed by atoms with E-state index in [-0.39, 0.29) is 7.43 Å². The van der Waals surface area contributed by atoms with Crippen LogP contribution in [-0.4, -0.2) is 17.8 Å². The van der Waals surface area contributed by atoms with Crippen LogP contribution in [0.5, 0.6) is 0 Å². The summed E-state index contributed by atoms with van der Waals surface area (Å²) in [5.41, 5.74) is 7.05. The van der Waals surface area contributed by atoms with Gasteiger partial charge in [0.25, 0.3) is 0 Å². The molecule has 0 amide bonds. The van der Waals surface area contributed by atoms with Gasteiger partial charge in [0.2, 0.25) is 0 Å². The minimum Gasteiger partial charge on any atom is -0.356 e. The molecule has 0 aliphatic carbocycles. The number of hydrogen-bond donors (Lipinski definition) is 2. The van der Waals surface area contributed by atoms with Crippen LogP contribution in [0.3, 0.4) is 0 Å². The van der Waals surface area contributed by atoms with Gasteiger partial charge < -0.3 is 10.7 Å². The maximum absolute atomic E-state index is 10.2. The Kier molecular flexibility index (Phi) is 5.04. The van der Waals surface area contributed by atoms with Crippen LogP contribution < -0.4 is 5.73 Å². The number of H-pyrrole nitrogens is 1. The standard InChI is InChI=1S/C8H12N2O.CH4/c9-5-1-2-7-3-4-8(6-11)10-7;/h3-4,6,10H,1-2,5,9H2;1H4. The molecule has 0 saturated carbocycles. The number of nitrogens with one attached hydrogen (secondary N) is 1. The van der Waals surface area contributed by atoms with Crippen LogP contribution in [0.4, 0.5) is 0 Å². The Morgan fingerprint density at radius 2 is 2.25 bits per heavy atom. The molecule has 0 bridgehead atoms. The van der Waals surface area contributed by atoms with Crippen molar-refractivity contribution in [3.63, 3.8) is 0 Å². The average molecular weight is 168 g/mol. The van der Waals surface area contributed by atoms with Crippen LogP contribution in [0, 0.1) is 0 Å². The second-order valence-corrected chi connectivity index (χ2v) is 2.45. The second-order valence-electron chi connectivity index (χ2n) is 2.45. The summed E-state index contributed by atoms with van der Waals surface area (Å²) in [7, 11) is 0. The van der Waals surface area contributed by atoms with E-state index >= 15 is 0 Å². The van der Waals surface area contributed by atoms with Gasteiger partial charge in [-0.05, 0) is 31.5 Å². The van der Waals surface area contributed by atoms with E-state index < -0.39 is 0 Å². The van der Waals surface area contributed by atoms with Gasteiger partial charge in [0.05, 0.1) is 5.69 Å². The molecule has 0 aromatic carbocycles. The molecule has 12 heavy (non-hydrogen) atoms. The fourth-order valence-electron chi connectivity index (χ4n) is 0.966. The highest BCUT2D eigenvalue weighted by Gasteiger charge is 1.95. The molecule has 1 heterocycles. The van der Waals surface area contributed by atoms with Crippen molar-refractivity contribution in [2.45, 2.75) is 20.3 Å². The molecule has 0 aliphatic heterocycles. The first-order chi connectivity index (χ1) is 5.36. The van der Waals surface area contributed by atoms with E-state index in [2.05, 4.69) is 4.98 Å². The molecule has 1 rings (SSSR count). The van der Waals surface area contributed by atoms with Crippen molar-refractivity contribution in [3.05, 3.63) is 23.5 Å². The number of aromatic amines is 1. The molecule has 0 aliphatic rings. The van der Waals surface area contributed by atoms with E-state index in [1.54, 1.807) is 6.07 Å². The molecule has 68 valence electrons. The first-order valence-electron chi connectivity index (χ1n) is 3.70. The average Bonchev–Trinajstić information content (AvgIpc) is 2.48. The molecule has 0 unspecified atom stereocenters. The zero-order valence-electron chi connectivity index (χ0n) is 6.34. The van der Waals surface area contributed by atoms with Gasteiger partial charge in [-0.15, -0.1) is 0 Å². The molecular weight excluding hydrogens is 152 g/mol. The molecular formula is C9H16N2O. The van der Waals surface area contributed by atoms with Gasteiger partial charge in [0.15, 0.2) is 6.29 Å². The summed E-state index contributed by atoms with van der Waals surface area (Å²) in [6, 6.07) is 3.69. The molecule has 0 saturated heterocycles. The van der Waals surface area contributed by atoms with E-state index in [9.17, 15) is 4.79 Å². The molecule has 0 atom stereocenters. The first-order valence-corrected chi connectivity index (χ1v) is 3.70. The summed E-state index contributed by atoms with van der Waals surface area (Å²) in [4.78, 5) is 13.2. The SMILES string of the molecule is C.NCCCc1ccc(C=O)[nH]1. The largest absolute Gasteiger partial charge is 0.356 e. The van der Waals surface area contributed by atoms with Crippen molar-refractivity contribution in [1.82, 2.24) is 4.98 Å². The molecule has 0 spiro atoms. The predicted molar refractivity (Wildman–Crippen MR) is 50.3 cm³/mol. The lowest BCUT2D eigenvalue weighted by Gasteiger charge is -1.92. The fourth-order valence-corrected chi connectivity index (χ4v) is 0.966. The second kappa shape index (κ2) is 5.55. The Balaban J connectivity index is 0.00000121. The van der Waals surface area contributed by atoms with Crippen LogP contribution in [0.1, 0.15) is 30.0 Å². The van der Waals surface area contributed by atoms with Crippen molar-refractivity contribution < 1.29 is 4.79 Å². The number of hydrogen-bond acceptors (Lipinski definition) is 2. The van der Waals surface area contributed by atoms with Crippen LogP contribution in [0.2, 0.25) is 0 Å². The minimum atomic E-state index is 0. The van der Waals surface area contributed by atoms with E-state index in [4.69, 9.17) is 5.73 Å². The van der Waals surface area contributed by atoms with Crippen molar-refractivity contribution in [2.24, 2.45) is 5.73 Å². The summed E-state index contributed by atoms with van der Waals surface area (Å²) in [6.07, 6.45) is 2.69. The number of rotatable bonds is 4. The number of aromatic nitrogens is 1. The van der Waals surface area contributed by atoms with Gasteiger partial charge >= 0.3 is 0 Å². The fraction of sp³-hybridized carbons (Fsp3) is 0.444. The molecule has 0 fully saturated rings. The zero-order chi connectivity index (χ0) is 8.10. The van der Waals surface area contributed by atoms with Gasteiger partial charge in [-0.25, -0.2) is 0 Å². The van der Waals surface area contributed by atoms with Crippen molar-refractivity contribution in [3.8, 4) is 0 Å². The summed E-state index contributed by atoms with van der Waals surface area (Å²) in [5, 5.41) is 0. The van der Waals surface area contributed by atoms with Crippen LogP contribution in [0.15, 0.2) is 12.1 Å². The predicted octanol–water partition coefficient (Wildman–Crippen LogP) is 1.35. The van der Waals surface area contributed by atoms with E-state index in [1.807, 2.05) is 6.07 Å². The summed E-state index contributed by atoms with van der Waals surface area (Å²) in [6.45, 7) is 0.690. The van der Waals surface area contributed by atoms with Crippen LogP contribution >= 0.6 is 0 Å². The van der Waals surface area contributed by atoms with Crippen molar-refractivity contribution in [1.29, 1.82) is 0 Å². The maximum Gasteiger partial charge on any atom is 0.166 e. The normalized spacial score (nSPS) is 9.08. The Morgan fingerprint density at radius 1 is 1.50 bits per heavy atom. The lowest BCUT2D eigenvalue weighted by atomic mass is 10.2. The Labute approximate surface area is 73.0 Å². The van der Waals surface area contributed by atoms with Crippen molar-refractivity contribution >= 4 is 6.29 Å². The molecule has 3 heteroatoms. The third-order valence-electron chi connectivity index (χ3n) is 1.55. The zero-order valence-corrected chi connectivity index (χ0v) is 6.34. The Morgan fingerprint density at radius 3 is 2.75 bits per heavy atom. The molecule has 1 aromatic rings. The van der Waals surface area contributed by atoms with Crippen LogP contribution in [0.25, 0.3) is 0 Å². The monoisotopic (exact) mass is 168 g/mol. The lowest BCUT2D eigenvalue weighted by molar-refractivity contribution is 0.111. The third kappa shape index (κ3) is 2.88. The topological polar surface area (TPSA) is 58.9 Å². The number of nitrogens with two attached hydrogens (primary N) is 1. The molecule has 3 N–H and O–H groups in total. The summed E-state index contributed by atoms with van der Waals surface area (Å²) >= 11 is 0. The van der Waals surface area contributed by atoms with Gasteiger partial charge in [0, 0.05) is 5.69 Å². The van der Waals surface area contributed by atoms with E-state index in [0.717, 1.165) is 24.8 Å². The van der Waals surface area contributed by atoms with Gasteiger partial charge in [-0.2, -0.15) is 0 Å². The minimum absolute atomic E-state index is 0. The quantitative estimate of drug-likeness (QED) is 0.667.